The molecule has 0 amide bonds. The molecular weight excluding hydrogens is 225 g/mol. The summed E-state index contributed by atoms with van der Waals surface area (Å²) in [7, 11) is -0.333. The molecule has 0 heterocycles. The molecule has 84 valence electrons. The van der Waals surface area contributed by atoms with Crippen LogP contribution >= 0.6 is 7.92 Å². The average Bonchev–Trinajstić information content (AvgIpc) is 2.30. The van der Waals surface area contributed by atoms with Gasteiger partial charge in [-0.25, -0.2) is 0 Å². The van der Waals surface area contributed by atoms with Gasteiger partial charge in [0.15, 0.2) is 0 Å². The molecule has 5 heteroatoms. The van der Waals surface area contributed by atoms with E-state index in [9.17, 15) is 9.36 Å². The van der Waals surface area contributed by atoms with Crippen LogP contribution in [0.3, 0.4) is 0 Å². The summed E-state index contributed by atoms with van der Waals surface area (Å²) in [6.45, 7) is 0. The molecular formula is C11H12NO3P. The third-order valence-corrected chi connectivity index (χ3v) is 2.37. The van der Waals surface area contributed by atoms with Crippen LogP contribution in [0, 0.1) is 5.75 Å². The van der Waals surface area contributed by atoms with Gasteiger partial charge in [-0.1, -0.05) is 0 Å². The van der Waals surface area contributed by atoms with Crippen molar-refractivity contribution < 1.29 is 14.5 Å². The predicted octanol–water partition coefficient (Wildman–Crippen LogP) is 1.87. The van der Waals surface area contributed by atoms with Crippen molar-refractivity contribution in [1.82, 2.24) is 5.32 Å². The third kappa shape index (κ3) is 4.45. The van der Waals surface area contributed by atoms with Crippen molar-refractivity contribution >= 4 is 13.9 Å². The molecule has 0 unspecified atom stereocenters. The van der Waals surface area contributed by atoms with E-state index in [1.54, 1.807) is 0 Å². The standard InChI is InChI=1S/C11H12NO3P/c13-11(14)10(12-8-16-15)7-6-9-4-2-1-3-5-9/h1-5,10,12H,6-7H2,(H,13,14)/t10-/m0/s1. The van der Waals surface area contributed by atoms with Gasteiger partial charge in [-0.2, -0.15) is 0 Å². The maximum absolute atomic E-state index is 10.8. The van der Waals surface area contributed by atoms with E-state index >= 15 is 0 Å². The Bertz CT molecular complexity index is 441. The number of aliphatic carboxylic acids is 1. The number of benzene rings is 1. The van der Waals surface area contributed by atoms with Crippen molar-refractivity contribution in [3.05, 3.63) is 35.9 Å². The van der Waals surface area contributed by atoms with E-state index < -0.39 is 12.0 Å². The Kier molecular flexibility index (Phi) is 5.58. The first-order chi connectivity index (χ1) is 7.74. The Morgan fingerprint density at radius 3 is 2.69 bits per heavy atom. The number of aryl methyl sites for hydroxylation is 1. The van der Waals surface area contributed by atoms with Crippen LogP contribution < -0.4 is 5.32 Å². The van der Waals surface area contributed by atoms with Gasteiger partial charge < -0.3 is 0 Å². The average molecular weight is 237 g/mol. The quantitative estimate of drug-likeness (QED) is 0.606. The van der Waals surface area contributed by atoms with Crippen molar-refractivity contribution in [3.8, 4) is 5.75 Å². The number of hydrogen-bond donors (Lipinski definition) is 2. The first-order valence-corrected chi connectivity index (χ1v) is 5.65. The second-order valence-electron chi connectivity index (χ2n) is 3.26. The van der Waals surface area contributed by atoms with Crippen LogP contribution in [0.5, 0.6) is 0 Å². The van der Waals surface area contributed by atoms with Gasteiger partial charge in [0, 0.05) is 0 Å². The number of hydrogen-bond acceptors (Lipinski definition) is 3. The van der Waals surface area contributed by atoms with Crippen molar-refractivity contribution in [2.45, 2.75) is 18.9 Å². The van der Waals surface area contributed by atoms with Crippen molar-refractivity contribution in [2.75, 3.05) is 0 Å². The van der Waals surface area contributed by atoms with Crippen molar-refractivity contribution in [2.24, 2.45) is 0 Å². The van der Waals surface area contributed by atoms with Gasteiger partial charge in [0.2, 0.25) is 0 Å². The summed E-state index contributed by atoms with van der Waals surface area (Å²) >= 11 is 0. The zero-order chi connectivity index (χ0) is 11.8. The molecule has 0 aliphatic heterocycles. The van der Waals surface area contributed by atoms with Crippen LogP contribution in [0.2, 0.25) is 0 Å². The van der Waals surface area contributed by atoms with Crippen LogP contribution in [-0.2, 0) is 15.8 Å². The van der Waals surface area contributed by atoms with Crippen LogP contribution in [-0.4, -0.2) is 17.1 Å². The Morgan fingerprint density at radius 1 is 1.44 bits per heavy atom. The molecule has 1 rings (SSSR count). The molecule has 0 saturated heterocycles. The molecule has 4 nitrogen and oxygen atoms in total. The molecule has 0 spiro atoms. The summed E-state index contributed by atoms with van der Waals surface area (Å²) in [5.41, 5.74) is 1.08. The molecule has 0 bridgehead atoms. The fourth-order valence-electron chi connectivity index (χ4n) is 1.32. The number of carbonyl (C=O) groups is 1. The number of carboxylic acid groups (broad SMARTS) is 1. The van der Waals surface area contributed by atoms with Gasteiger partial charge in [-0.05, 0) is 0 Å². The number of nitrogens with one attached hydrogen (secondary N) is 1. The third-order valence-electron chi connectivity index (χ3n) is 2.15. The molecule has 0 aliphatic rings. The van der Waals surface area contributed by atoms with Crippen LogP contribution in [0.15, 0.2) is 30.3 Å². The summed E-state index contributed by atoms with van der Waals surface area (Å²) < 4.78 is 10.1. The molecule has 2 N–H and O–H groups in total. The zero-order valence-electron chi connectivity index (χ0n) is 8.59. The molecule has 1 aromatic carbocycles. The monoisotopic (exact) mass is 237 g/mol. The summed E-state index contributed by atoms with van der Waals surface area (Å²) in [6.07, 6.45) is 1.09. The van der Waals surface area contributed by atoms with Crippen LogP contribution in [0.1, 0.15) is 12.0 Å². The maximum atomic E-state index is 10.8. The van der Waals surface area contributed by atoms with E-state index in [1.165, 1.54) is 0 Å². The Balaban J connectivity index is 2.52. The minimum atomic E-state index is -0.966. The second kappa shape index (κ2) is 7.02. The van der Waals surface area contributed by atoms with Gasteiger partial charge in [0.1, 0.15) is 0 Å². The number of carboxylic acids is 1. The molecule has 0 aromatic heterocycles. The van der Waals surface area contributed by atoms with E-state index in [4.69, 9.17) is 5.11 Å². The van der Waals surface area contributed by atoms with E-state index in [2.05, 4.69) is 11.1 Å². The number of rotatable bonds is 5. The first kappa shape index (κ1) is 12.7. The Labute approximate surface area is 94.8 Å². The second-order valence-corrected chi connectivity index (χ2v) is 3.67. The Hall–Kier alpha value is -1.34. The molecule has 0 saturated carbocycles. The van der Waals surface area contributed by atoms with Crippen LogP contribution in [0.25, 0.3) is 0 Å². The SMILES string of the molecule is O=P#CN[C@@H](CCc1ccccc1)C(=O)O. The minimum absolute atomic E-state index is 0.333. The summed E-state index contributed by atoms with van der Waals surface area (Å²) in [6, 6.07) is 8.87. The van der Waals surface area contributed by atoms with Gasteiger partial charge in [0.05, 0.1) is 0 Å². The molecule has 1 aromatic rings. The van der Waals surface area contributed by atoms with Crippen LogP contribution in [0.4, 0.5) is 0 Å². The van der Waals surface area contributed by atoms with E-state index in [0.29, 0.717) is 12.8 Å². The van der Waals surface area contributed by atoms with E-state index in [1.807, 2.05) is 30.3 Å². The predicted molar refractivity (Wildman–Crippen MR) is 60.8 cm³/mol. The zero-order valence-corrected chi connectivity index (χ0v) is 9.48. The van der Waals surface area contributed by atoms with Gasteiger partial charge >= 0.3 is 94.2 Å². The molecule has 0 aliphatic carbocycles. The van der Waals surface area contributed by atoms with Crippen molar-refractivity contribution in [3.63, 3.8) is 0 Å². The molecule has 0 radical (unpaired) electrons. The summed E-state index contributed by atoms with van der Waals surface area (Å²) in [5, 5.41) is 11.3. The first-order valence-electron chi connectivity index (χ1n) is 4.83. The fraction of sp³-hybridized carbons (Fsp3) is 0.273. The van der Waals surface area contributed by atoms with Crippen molar-refractivity contribution in [1.29, 1.82) is 0 Å². The van der Waals surface area contributed by atoms with Gasteiger partial charge in [-0.15, -0.1) is 0 Å². The molecule has 16 heavy (non-hydrogen) atoms. The van der Waals surface area contributed by atoms with Gasteiger partial charge in [-0.3, -0.25) is 0 Å². The molecule has 1 atom stereocenters. The topological polar surface area (TPSA) is 66.4 Å². The molecule has 0 fully saturated rings. The Morgan fingerprint density at radius 2 is 2.12 bits per heavy atom. The normalized spacial score (nSPS) is 11.5. The van der Waals surface area contributed by atoms with E-state index in [-0.39, 0.29) is 7.92 Å². The van der Waals surface area contributed by atoms with E-state index in [0.717, 1.165) is 5.56 Å². The van der Waals surface area contributed by atoms with Gasteiger partial charge in [0.25, 0.3) is 0 Å². The fourth-order valence-corrected chi connectivity index (χ4v) is 1.53. The summed E-state index contributed by atoms with van der Waals surface area (Å²) in [5.74, 6) is 1.29. The summed E-state index contributed by atoms with van der Waals surface area (Å²) in [4.78, 5) is 10.8.